The van der Waals surface area contributed by atoms with Crippen LogP contribution in [-0.4, -0.2) is 31.0 Å². The minimum absolute atomic E-state index is 1.38. The Kier molecular flexibility index (Phi) is 24.3. The van der Waals surface area contributed by atoms with Gasteiger partial charge >= 0.3 is 7.82 Å². The van der Waals surface area contributed by atoms with E-state index in [0.717, 1.165) is 0 Å². The summed E-state index contributed by atoms with van der Waals surface area (Å²) < 4.78 is 8.88. The van der Waals surface area contributed by atoms with Crippen molar-refractivity contribution in [3.8, 4) is 0 Å². The zero-order valence-corrected chi connectivity index (χ0v) is 19.1. The van der Waals surface area contributed by atoms with Gasteiger partial charge in [-0.25, -0.2) is 4.57 Å². The molecular formula is C18H42AlO4P. The van der Waals surface area contributed by atoms with E-state index in [0.29, 0.717) is 0 Å². The van der Waals surface area contributed by atoms with E-state index in [1.807, 2.05) is 0 Å². The second-order valence-corrected chi connectivity index (χ2v) is 8.84. The Balaban J connectivity index is 0. The van der Waals surface area contributed by atoms with Gasteiger partial charge in [0.15, 0.2) is 0 Å². The van der Waals surface area contributed by atoms with Crippen molar-refractivity contribution in [2.45, 2.75) is 115 Å². The van der Waals surface area contributed by atoms with Gasteiger partial charge in [0.2, 0.25) is 16.3 Å². The minimum Gasteiger partial charge on any atom is -0.303 e. The minimum atomic E-state index is -4.64. The fraction of sp³-hybridized carbons (Fsp3) is 1.00. The van der Waals surface area contributed by atoms with Crippen LogP contribution in [0.2, 0.25) is 5.28 Å². The Morgan fingerprint density at radius 3 is 1.00 bits per heavy atom. The molecule has 146 valence electrons. The fourth-order valence-corrected chi connectivity index (χ4v) is 3.30. The Morgan fingerprint density at radius 1 is 0.583 bits per heavy atom. The van der Waals surface area contributed by atoms with Gasteiger partial charge in [-0.1, -0.05) is 110 Å². The Morgan fingerprint density at radius 2 is 0.792 bits per heavy atom. The molecule has 0 saturated heterocycles. The van der Waals surface area contributed by atoms with Crippen molar-refractivity contribution in [3.05, 3.63) is 0 Å². The molecule has 6 heteroatoms. The molecule has 0 aromatic carbocycles. The van der Waals surface area contributed by atoms with Gasteiger partial charge in [-0.15, -0.1) is 5.28 Å². The first-order valence-corrected chi connectivity index (χ1v) is 13.2. The van der Waals surface area contributed by atoms with Crippen molar-refractivity contribution < 1.29 is 19.2 Å². The Bertz CT molecular complexity index is 247. The summed E-state index contributed by atoms with van der Waals surface area (Å²) in [6.45, 7) is 2.30. The summed E-state index contributed by atoms with van der Waals surface area (Å²) in [5.74, 6) is 0. The maximum absolute atomic E-state index is 8.88. The molecule has 0 aromatic heterocycles. The van der Waals surface area contributed by atoms with Crippen LogP contribution in [0.5, 0.6) is 0 Å². The molecule has 0 aliphatic carbocycles. The van der Waals surface area contributed by atoms with E-state index in [9.17, 15) is 0 Å². The molecule has 0 bridgehead atoms. The molecule has 0 radical (unpaired) electrons. The SMILES string of the molecule is CCCCCCCCCCCCCCCCC[CH2][AlH2].O=P(O)(O)O. The monoisotopic (exact) mass is 380 g/mol. The number of hydrogen-bond donors (Lipinski definition) is 3. The van der Waals surface area contributed by atoms with Gasteiger partial charge in [0.05, 0.1) is 0 Å². The Hall–Kier alpha value is 0.642. The number of unbranched alkanes of at least 4 members (excludes halogenated alkanes) is 15. The maximum atomic E-state index is 8.88. The molecule has 4 nitrogen and oxygen atoms in total. The average molecular weight is 380 g/mol. The van der Waals surface area contributed by atoms with Gasteiger partial charge in [-0.3, -0.25) is 0 Å². The molecule has 0 heterocycles. The topological polar surface area (TPSA) is 77.8 Å². The van der Waals surface area contributed by atoms with Crippen molar-refractivity contribution >= 4 is 24.1 Å². The van der Waals surface area contributed by atoms with Gasteiger partial charge in [-0.05, 0) is 0 Å². The molecule has 0 fully saturated rings. The van der Waals surface area contributed by atoms with E-state index in [2.05, 4.69) is 6.92 Å². The lowest BCUT2D eigenvalue weighted by atomic mass is 10.0. The second kappa shape index (κ2) is 21.7. The molecule has 0 unspecified atom stereocenters. The molecular weight excluding hydrogens is 338 g/mol. The van der Waals surface area contributed by atoms with Crippen LogP contribution in [0.25, 0.3) is 0 Å². The number of hydrogen-bond acceptors (Lipinski definition) is 1. The quantitative estimate of drug-likeness (QED) is 0.191. The van der Waals surface area contributed by atoms with E-state index in [1.54, 1.807) is 0 Å². The highest BCUT2D eigenvalue weighted by Crippen LogP contribution is 2.25. The molecule has 3 N–H and O–H groups in total. The molecule has 0 saturated carbocycles. The summed E-state index contributed by atoms with van der Waals surface area (Å²) in [7, 11) is -4.64. The van der Waals surface area contributed by atoms with Gasteiger partial charge in [-0.2, -0.15) is 0 Å². The normalized spacial score (nSPS) is 11.2. The largest absolute Gasteiger partial charge is 0.466 e. The van der Waals surface area contributed by atoms with Crippen molar-refractivity contribution in [1.29, 1.82) is 0 Å². The van der Waals surface area contributed by atoms with Crippen LogP contribution in [0.4, 0.5) is 0 Å². The standard InChI is InChI=1S/C18H37.Al.H3O4P.2H/c1-3-5-7-9-11-13-15-17-18-16-14-12-10-8-6-4-2;;1-5(2,3)4;;/h1,3-18H2,2H3;;(H3,1,2,3,4);;. The predicted octanol–water partition coefficient (Wildman–Crippen LogP) is 5.37. The first-order chi connectivity index (χ1) is 11.4. The van der Waals surface area contributed by atoms with Crippen LogP contribution in [-0.2, 0) is 4.57 Å². The van der Waals surface area contributed by atoms with E-state index in [1.165, 1.54) is 124 Å². The molecule has 0 atom stereocenters. The van der Waals surface area contributed by atoms with Gasteiger partial charge in [0.25, 0.3) is 0 Å². The number of rotatable bonds is 16. The van der Waals surface area contributed by atoms with Gasteiger partial charge in [0.1, 0.15) is 0 Å². The lowest BCUT2D eigenvalue weighted by molar-refractivity contribution is 0.275. The fourth-order valence-electron chi connectivity index (χ4n) is 2.80. The summed E-state index contributed by atoms with van der Waals surface area (Å²) in [6.07, 6.45) is 23.7. The zero-order chi connectivity index (χ0) is 18.5. The van der Waals surface area contributed by atoms with E-state index in [4.69, 9.17) is 19.2 Å². The summed E-state index contributed by atoms with van der Waals surface area (Å²) in [5, 5.41) is 1.51. The lowest BCUT2D eigenvalue weighted by Gasteiger charge is -2.03. The summed E-state index contributed by atoms with van der Waals surface area (Å²) >= 11 is 1.41. The highest BCUT2D eigenvalue weighted by molar-refractivity contribution is 7.45. The van der Waals surface area contributed by atoms with Crippen molar-refractivity contribution in [3.63, 3.8) is 0 Å². The van der Waals surface area contributed by atoms with Crippen LogP contribution >= 0.6 is 7.82 Å². The van der Waals surface area contributed by atoms with Crippen molar-refractivity contribution in [2.75, 3.05) is 0 Å². The van der Waals surface area contributed by atoms with Crippen LogP contribution in [0.3, 0.4) is 0 Å². The summed E-state index contributed by atoms with van der Waals surface area (Å²) in [6, 6.07) is 0. The smallest absolute Gasteiger partial charge is 0.303 e. The molecule has 0 aliphatic heterocycles. The predicted molar refractivity (Wildman–Crippen MR) is 107 cm³/mol. The third-order valence-electron chi connectivity index (χ3n) is 4.21. The molecule has 0 aromatic rings. The highest BCUT2D eigenvalue weighted by atomic mass is 31.2. The molecule has 0 rings (SSSR count). The van der Waals surface area contributed by atoms with Crippen LogP contribution < -0.4 is 0 Å². The van der Waals surface area contributed by atoms with E-state index < -0.39 is 7.82 Å². The van der Waals surface area contributed by atoms with Crippen LogP contribution in [0.1, 0.15) is 110 Å². The van der Waals surface area contributed by atoms with E-state index in [-0.39, 0.29) is 0 Å². The average Bonchev–Trinajstić information content (AvgIpc) is 2.49. The third-order valence-corrected chi connectivity index (χ3v) is 4.91. The molecule has 0 amide bonds. The van der Waals surface area contributed by atoms with E-state index >= 15 is 0 Å². The van der Waals surface area contributed by atoms with Crippen LogP contribution in [0.15, 0.2) is 0 Å². The van der Waals surface area contributed by atoms with Crippen molar-refractivity contribution in [2.24, 2.45) is 0 Å². The third kappa shape index (κ3) is 38.3. The van der Waals surface area contributed by atoms with Gasteiger partial charge in [0, 0.05) is 0 Å². The van der Waals surface area contributed by atoms with Gasteiger partial charge < -0.3 is 14.7 Å². The second-order valence-electron chi connectivity index (χ2n) is 6.82. The van der Waals surface area contributed by atoms with Crippen molar-refractivity contribution in [1.82, 2.24) is 0 Å². The lowest BCUT2D eigenvalue weighted by Crippen LogP contribution is -1.83. The molecule has 0 spiro atoms. The first-order valence-electron chi connectivity index (χ1n) is 10.2. The summed E-state index contributed by atoms with van der Waals surface area (Å²) in [5.41, 5.74) is 0. The zero-order valence-electron chi connectivity index (χ0n) is 16.2. The van der Waals surface area contributed by atoms with Crippen LogP contribution in [0, 0.1) is 0 Å². The summed E-state index contributed by atoms with van der Waals surface area (Å²) in [4.78, 5) is 21.6. The molecule has 24 heavy (non-hydrogen) atoms. The number of phosphoric acid groups is 1. The molecule has 0 aliphatic rings. The highest BCUT2D eigenvalue weighted by Gasteiger charge is 2.00. The maximum Gasteiger partial charge on any atom is 0.466 e. The Labute approximate surface area is 158 Å². The first kappa shape index (κ1) is 26.9.